The van der Waals surface area contributed by atoms with Crippen molar-refractivity contribution in [2.24, 2.45) is 17.1 Å². The van der Waals surface area contributed by atoms with E-state index in [1.807, 2.05) is 18.2 Å². The molecular weight excluding hydrogens is 250 g/mol. The third-order valence-electron chi connectivity index (χ3n) is 5.03. The van der Waals surface area contributed by atoms with Crippen LogP contribution in [-0.2, 0) is 0 Å². The first-order valence-corrected chi connectivity index (χ1v) is 7.48. The second kappa shape index (κ2) is 4.39. The number of benzene rings is 1. The molecule has 2 aliphatic rings. The third-order valence-corrected chi connectivity index (χ3v) is 5.03. The Hall–Kier alpha value is -1.22. The van der Waals surface area contributed by atoms with E-state index < -0.39 is 0 Å². The monoisotopic (exact) mass is 275 g/mol. The molecule has 0 radical (unpaired) electrons. The van der Waals surface area contributed by atoms with E-state index in [1.165, 1.54) is 6.42 Å². The Morgan fingerprint density at radius 2 is 2.05 bits per heavy atom. The zero-order chi connectivity index (χ0) is 14.5. The Labute approximate surface area is 121 Å². The van der Waals surface area contributed by atoms with Crippen LogP contribution in [0.4, 0.5) is 0 Å². The van der Waals surface area contributed by atoms with Crippen LogP contribution in [0.15, 0.2) is 18.2 Å². The van der Waals surface area contributed by atoms with E-state index in [0.29, 0.717) is 11.3 Å². The molecule has 1 aromatic carbocycles. The van der Waals surface area contributed by atoms with Crippen molar-refractivity contribution in [3.63, 3.8) is 0 Å². The van der Waals surface area contributed by atoms with Gasteiger partial charge in [0.15, 0.2) is 0 Å². The molecule has 0 saturated heterocycles. The maximum absolute atomic E-state index is 6.48. The summed E-state index contributed by atoms with van der Waals surface area (Å²) in [4.78, 5) is 0. The highest BCUT2D eigenvalue weighted by molar-refractivity contribution is 5.44. The van der Waals surface area contributed by atoms with Crippen LogP contribution in [0.1, 0.15) is 51.6 Å². The first kappa shape index (κ1) is 13.7. The number of hydrogen-bond acceptors (Lipinski definition) is 3. The van der Waals surface area contributed by atoms with Crippen LogP contribution in [0, 0.1) is 11.3 Å². The topological polar surface area (TPSA) is 44.5 Å². The second-order valence-corrected chi connectivity index (χ2v) is 7.33. The van der Waals surface area contributed by atoms with Gasteiger partial charge in [-0.2, -0.15) is 0 Å². The van der Waals surface area contributed by atoms with Gasteiger partial charge in [0.25, 0.3) is 0 Å². The van der Waals surface area contributed by atoms with Crippen LogP contribution in [0.3, 0.4) is 0 Å². The fourth-order valence-corrected chi connectivity index (χ4v) is 4.26. The van der Waals surface area contributed by atoms with Gasteiger partial charge in [0, 0.05) is 24.1 Å². The SMILES string of the molecule is COc1ccc2c(c1)OC1(C[C@H]2N)CC(C)(C)CC1C. The van der Waals surface area contributed by atoms with E-state index in [-0.39, 0.29) is 11.6 Å². The van der Waals surface area contributed by atoms with Gasteiger partial charge in [-0.25, -0.2) is 0 Å². The van der Waals surface area contributed by atoms with Gasteiger partial charge in [-0.3, -0.25) is 0 Å². The Balaban J connectivity index is 1.99. The Bertz CT molecular complexity index is 526. The van der Waals surface area contributed by atoms with Gasteiger partial charge in [0.1, 0.15) is 17.1 Å². The first-order valence-electron chi connectivity index (χ1n) is 7.48. The van der Waals surface area contributed by atoms with Gasteiger partial charge >= 0.3 is 0 Å². The zero-order valence-corrected chi connectivity index (χ0v) is 12.9. The van der Waals surface area contributed by atoms with Gasteiger partial charge < -0.3 is 15.2 Å². The highest BCUT2D eigenvalue weighted by Gasteiger charge is 2.53. The van der Waals surface area contributed by atoms with Crippen molar-refractivity contribution in [1.29, 1.82) is 0 Å². The van der Waals surface area contributed by atoms with Gasteiger partial charge in [0.05, 0.1) is 7.11 Å². The number of nitrogens with two attached hydrogens (primary N) is 1. The summed E-state index contributed by atoms with van der Waals surface area (Å²) in [5.74, 6) is 2.27. The summed E-state index contributed by atoms with van der Waals surface area (Å²) in [7, 11) is 1.68. The molecule has 3 heteroatoms. The minimum absolute atomic E-state index is 0.0565. The van der Waals surface area contributed by atoms with Crippen LogP contribution in [0.5, 0.6) is 11.5 Å². The van der Waals surface area contributed by atoms with Crippen LogP contribution >= 0.6 is 0 Å². The van der Waals surface area contributed by atoms with E-state index >= 15 is 0 Å². The van der Waals surface area contributed by atoms with E-state index in [4.69, 9.17) is 15.2 Å². The highest BCUT2D eigenvalue weighted by atomic mass is 16.5. The highest BCUT2D eigenvalue weighted by Crippen LogP contribution is 2.55. The predicted octanol–water partition coefficient (Wildman–Crippen LogP) is 3.67. The summed E-state index contributed by atoms with van der Waals surface area (Å²) < 4.78 is 11.8. The molecule has 0 aromatic heterocycles. The summed E-state index contributed by atoms with van der Waals surface area (Å²) in [5.41, 5.74) is 7.75. The lowest BCUT2D eigenvalue weighted by atomic mass is 9.80. The van der Waals surface area contributed by atoms with Crippen LogP contribution in [0.2, 0.25) is 0 Å². The third kappa shape index (κ3) is 2.08. The van der Waals surface area contributed by atoms with Gasteiger partial charge in [-0.15, -0.1) is 0 Å². The molecule has 0 bridgehead atoms. The molecular formula is C17H25NO2. The molecule has 1 fully saturated rings. The van der Waals surface area contributed by atoms with E-state index in [2.05, 4.69) is 20.8 Å². The maximum atomic E-state index is 6.48. The largest absolute Gasteiger partial charge is 0.497 e. The summed E-state index contributed by atoms with van der Waals surface area (Å²) in [6, 6.07) is 6.04. The van der Waals surface area contributed by atoms with Crippen molar-refractivity contribution in [3.05, 3.63) is 23.8 Å². The number of ether oxygens (including phenoxy) is 2. The molecule has 3 nitrogen and oxygen atoms in total. The second-order valence-electron chi connectivity index (χ2n) is 7.33. The van der Waals surface area contributed by atoms with E-state index in [0.717, 1.165) is 29.9 Å². The molecule has 1 spiro atoms. The number of methoxy groups -OCH3 is 1. The molecule has 1 aliphatic carbocycles. The summed E-state index contributed by atoms with van der Waals surface area (Å²) in [6.45, 7) is 6.95. The average Bonchev–Trinajstić information content (AvgIpc) is 2.57. The number of hydrogen-bond donors (Lipinski definition) is 1. The smallest absolute Gasteiger partial charge is 0.128 e. The summed E-state index contributed by atoms with van der Waals surface area (Å²) >= 11 is 0. The minimum atomic E-state index is -0.109. The Morgan fingerprint density at radius 3 is 2.65 bits per heavy atom. The number of fused-ring (bicyclic) bond motifs is 1. The lowest BCUT2D eigenvalue weighted by molar-refractivity contribution is 0.00165. The van der Waals surface area contributed by atoms with Crippen LogP contribution < -0.4 is 15.2 Å². The first-order chi connectivity index (χ1) is 9.35. The maximum Gasteiger partial charge on any atom is 0.128 e. The molecule has 20 heavy (non-hydrogen) atoms. The van der Waals surface area contributed by atoms with Crippen molar-refractivity contribution in [3.8, 4) is 11.5 Å². The normalized spacial score (nSPS) is 34.6. The Morgan fingerprint density at radius 1 is 1.30 bits per heavy atom. The molecule has 3 atom stereocenters. The number of rotatable bonds is 1. The van der Waals surface area contributed by atoms with Gasteiger partial charge in [0.2, 0.25) is 0 Å². The fraction of sp³-hybridized carbons (Fsp3) is 0.647. The van der Waals surface area contributed by atoms with Gasteiger partial charge in [-0.1, -0.05) is 26.8 Å². The standard InChI is InChI=1S/C17H25NO2/c1-11-8-16(2,3)10-17(11)9-14(18)13-6-5-12(19-4)7-15(13)20-17/h5-7,11,14H,8-10,18H2,1-4H3/t11?,14-,17?/m1/s1. The quantitative estimate of drug-likeness (QED) is 0.850. The molecule has 2 unspecified atom stereocenters. The van der Waals surface area contributed by atoms with Crippen molar-refractivity contribution in [1.82, 2.24) is 0 Å². The van der Waals surface area contributed by atoms with Crippen molar-refractivity contribution >= 4 is 0 Å². The van der Waals surface area contributed by atoms with Crippen molar-refractivity contribution in [2.75, 3.05) is 7.11 Å². The van der Waals surface area contributed by atoms with Gasteiger partial charge in [-0.05, 0) is 30.2 Å². The van der Waals surface area contributed by atoms with Crippen molar-refractivity contribution < 1.29 is 9.47 Å². The average molecular weight is 275 g/mol. The summed E-state index contributed by atoms with van der Waals surface area (Å²) in [5, 5.41) is 0. The minimum Gasteiger partial charge on any atom is -0.497 e. The molecule has 3 rings (SSSR count). The van der Waals surface area contributed by atoms with Crippen LogP contribution in [0.25, 0.3) is 0 Å². The molecule has 1 saturated carbocycles. The molecule has 2 N–H and O–H groups in total. The van der Waals surface area contributed by atoms with Crippen molar-refractivity contribution in [2.45, 2.75) is 51.7 Å². The molecule has 110 valence electrons. The molecule has 1 heterocycles. The predicted molar refractivity (Wildman–Crippen MR) is 80.1 cm³/mol. The Kier molecular flexibility index (Phi) is 3.02. The molecule has 0 amide bonds. The zero-order valence-electron chi connectivity index (χ0n) is 12.9. The van der Waals surface area contributed by atoms with E-state index in [1.54, 1.807) is 7.11 Å². The molecule has 1 aromatic rings. The fourth-order valence-electron chi connectivity index (χ4n) is 4.26. The molecule has 1 aliphatic heterocycles. The van der Waals surface area contributed by atoms with Crippen LogP contribution in [-0.4, -0.2) is 12.7 Å². The van der Waals surface area contributed by atoms with E-state index in [9.17, 15) is 0 Å². The summed E-state index contributed by atoms with van der Waals surface area (Å²) in [6.07, 6.45) is 3.18. The lowest BCUT2D eigenvalue weighted by Crippen LogP contribution is -2.45. The lowest BCUT2D eigenvalue weighted by Gasteiger charge is -2.42.